The molecule has 1 amide bonds. The van der Waals surface area contributed by atoms with Gasteiger partial charge in [0.1, 0.15) is 17.2 Å². The molecule has 11 heteroatoms. The first-order valence-electron chi connectivity index (χ1n) is 11.1. The molecular weight excluding hydrogens is 488 g/mol. The lowest BCUT2D eigenvalue weighted by Gasteiger charge is -2.19. The molecule has 5 aromatic rings. The Kier molecular flexibility index (Phi) is 6.34. The second-order valence-electron chi connectivity index (χ2n) is 8.19. The highest BCUT2D eigenvalue weighted by Crippen LogP contribution is 2.36. The predicted molar refractivity (Wildman–Crippen MR) is 129 cm³/mol. The summed E-state index contributed by atoms with van der Waals surface area (Å²) in [5, 5.41) is 2.48. The summed E-state index contributed by atoms with van der Waals surface area (Å²) in [6.45, 7) is 0. The maximum absolute atomic E-state index is 13.3. The molecule has 4 heterocycles. The summed E-state index contributed by atoms with van der Waals surface area (Å²) < 4.78 is 53.1. The molecular formula is C26H18F4N6O. The van der Waals surface area contributed by atoms with Crippen molar-refractivity contribution in [2.75, 3.05) is 5.32 Å². The minimum Gasteiger partial charge on any atom is -0.337 e. The maximum atomic E-state index is 13.3. The van der Waals surface area contributed by atoms with Crippen molar-refractivity contribution in [1.29, 1.82) is 0 Å². The largest absolute Gasteiger partial charge is 0.390 e. The number of fused-ring (bicyclic) bond motifs is 1. The Labute approximate surface area is 207 Å². The van der Waals surface area contributed by atoms with Crippen molar-refractivity contribution in [3.05, 3.63) is 90.8 Å². The van der Waals surface area contributed by atoms with Gasteiger partial charge in [0, 0.05) is 30.4 Å². The van der Waals surface area contributed by atoms with Gasteiger partial charge in [-0.2, -0.15) is 13.2 Å². The van der Waals surface area contributed by atoms with E-state index in [1.54, 1.807) is 30.7 Å². The van der Waals surface area contributed by atoms with Gasteiger partial charge in [0.05, 0.1) is 29.3 Å². The number of nitrogens with one attached hydrogen (secondary N) is 2. The van der Waals surface area contributed by atoms with Crippen LogP contribution in [0.1, 0.15) is 17.9 Å². The molecule has 0 saturated carbocycles. The maximum Gasteiger partial charge on any atom is 0.390 e. The first-order chi connectivity index (χ1) is 17.8. The van der Waals surface area contributed by atoms with Crippen LogP contribution in [0.4, 0.5) is 23.4 Å². The molecule has 0 aliphatic heterocycles. The van der Waals surface area contributed by atoms with E-state index >= 15 is 0 Å². The number of alkyl halides is 3. The summed E-state index contributed by atoms with van der Waals surface area (Å²) >= 11 is 0. The van der Waals surface area contributed by atoms with Crippen LogP contribution in [0.2, 0.25) is 0 Å². The lowest BCUT2D eigenvalue weighted by molar-refractivity contribution is -0.146. The van der Waals surface area contributed by atoms with Crippen LogP contribution >= 0.6 is 0 Å². The highest BCUT2D eigenvalue weighted by Gasteiger charge is 2.36. The third-order valence-corrected chi connectivity index (χ3v) is 5.67. The van der Waals surface area contributed by atoms with Crippen molar-refractivity contribution in [2.24, 2.45) is 0 Å². The average Bonchev–Trinajstić information content (AvgIpc) is 3.28. The Balaban J connectivity index is 1.51. The monoisotopic (exact) mass is 506 g/mol. The number of nitrogens with zero attached hydrogens (tertiary/aromatic N) is 4. The van der Waals surface area contributed by atoms with Crippen LogP contribution in [0.3, 0.4) is 0 Å². The molecule has 2 N–H and O–H groups in total. The zero-order valence-electron chi connectivity index (χ0n) is 19.0. The normalized spacial score (nSPS) is 12.4. The van der Waals surface area contributed by atoms with E-state index in [9.17, 15) is 22.4 Å². The second kappa shape index (κ2) is 9.76. The number of H-pyrrole nitrogens is 1. The van der Waals surface area contributed by atoms with E-state index in [0.717, 1.165) is 12.1 Å². The molecule has 0 aliphatic carbocycles. The Bertz CT molecular complexity index is 1550. The number of hydrogen-bond donors (Lipinski definition) is 2. The molecule has 0 unspecified atom stereocenters. The fourth-order valence-electron chi connectivity index (χ4n) is 4.04. The number of rotatable bonds is 6. The number of carbonyl (C=O) groups excluding carboxylic acids is 1. The predicted octanol–water partition coefficient (Wildman–Crippen LogP) is 5.90. The molecule has 0 spiro atoms. The quantitative estimate of drug-likeness (QED) is 0.280. The lowest BCUT2D eigenvalue weighted by Crippen LogP contribution is -2.26. The van der Waals surface area contributed by atoms with Gasteiger partial charge >= 0.3 is 6.18 Å². The Morgan fingerprint density at radius 2 is 1.70 bits per heavy atom. The summed E-state index contributed by atoms with van der Waals surface area (Å²) in [6.07, 6.45) is 0.139. The molecule has 4 aromatic heterocycles. The van der Waals surface area contributed by atoms with Gasteiger partial charge in [0.25, 0.3) is 0 Å². The fourth-order valence-corrected chi connectivity index (χ4v) is 4.04. The first kappa shape index (κ1) is 24.0. The Morgan fingerprint density at radius 3 is 2.43 bits per heavy atom. The Morgan fingerprint density at radius 1 is 0.919 bits per heavy atom. The minimum atomic E-state index is -4.62. The molecule has 0 aliphatic rings. The zero-order chi connectivity index (χ0) is 26.0. The van der Waals surface area contributed by atoms with Crippen LogP contribution in [-0.4, -0.2) is 37.0 Å². The number of aromatic amines is 1. The van der Waals surface area contributed by atoms with Crippen molar-refractivity contribution in [2.45, 2.75) is 18.5 Å². The van der Waals surface area contributed by atoms with Crippen LogP contribution in [0, 0.1) is 5.82 Å². The van der Waals surface area contributed by atoms with Gasteiger partial charge < -0.3 is 10.3 Å². The van der Waals surface area contributed by atoms with Crippen molar-refractivity contribution >= 4 is 22.9 Å². The van der Waals surface area contributed by atoms with Crippen LogP contribution in [0.5, 0.6) is 0 Å². The van der Waals surface area contributed by atoms with Gasteiger partial charge in [-0.05, 0) is 42.0 Å². The van der Waals surface area contributed by atoms with E-state index in [2.05, 4.69) is 30.2 Å². The molecule has 1 aromatic carbocycles. The summed E-state index contributed by atoms with van der Waals surface area (Å²) in [4.78, 5) is 33.4. The van der Waals surface area contributed by atoms with Crippen molar-refractivity contribution in [3.63, 3.8) is 0 Å². The van der Waals surface area contributed by atoms with E-state index in [0.29, 0.717) is 33.7 Å². The van der Waals surface area contributed by atoms with Crippen LogP contribution in [0.25, 0.3) is 33.7 Å². The van der Waals surface area contributed by atoms with Gasteiger partial charge in [0.2, 0.25) is 5.91 Å². The van der Waals surface area contributed by atoms with E-state index in [4.69, 9.17) is 0 Å². The van der Waals surface area contributed by atoms with Crippen molar-refractivity contribution in [1.82, 2.24) is 24.9 Å². The van der Waals surface area contributed by atoms with Gasteiger partial charge in [-0.1, -0.05) is 18.2 Å². The lowest BCUT2D eigenvalue weighted by atomic mass is 9.94. The van der Waals surface area contributed by atoms with Crippen molar-refractivity contribution < 1.29 is 22.4 Å². The van der Waals surface area contributed by atoms with Gasteiger partial charge in [-0.3, -0.25) is 14.8 Å². The molecule has 0 saturated heterocycles. The van der Waals surface area contributed by atoms with E-state index < -0.39 is 30.2 Å². The van der Waals surface area contributed by atoms with Crippen LogP contribution in [-0.2, 0) is 4.79 Å². The summed E-state index contributed by atoms with van der Waals surface area (Å²) in [6, 6.07) is 13.0. The topological polar surface area (TPSA) is 96.5 Å². The fraction of sp³-hybridized carbons (Fsp3) is 0.115. The number of anilines is 1. The van der Waals surface area contributed by atoms with Crippen molar-refractivity contribution in [3.8, 4) is 22.5 Å². The van der Waals surface area contributed by atoms with Gasteiger partial charge in [-0.15, -0.1) is 0 Å². The standard InChI is InChI=1S/C26H18F4N6O/c27-17-6-4-15(5-7-17)18(14-26(28,29)30)25(37)35-20-13-16(8-10-32-20)22-21(19-3-1-2-9-31-19)23-24(36-22)34-12-11-33-23/h1-13,18H,14H2,(H,34,36)(H,32,35,37)/t18-/m0/s1. The summed E-state index contributed by atoms with van der Waals surface area (Å²) in [5.74, 6) is -3.08. The van der Waals surface area contributed by atoms with Crippen LogP contribution < -0.4 is 5.32 Å². The summed E-state index contributed by atoms with van der Waals surface area (Å²) in [5.41, 5.74) is 3.63. The van der Waals surface area contributed by atoms with Gasteiger partial charge in [-0.25, -0.2) is 14.4 Å². The number of aromatic nitrogens is 5. The van der Waals surface area contributed by atoms with E-state index in [-0.39, 0.29) is 11.4 Å². The number of carbonyl (C=O) groups is 1. The summed E-state index contributed by atoms with van der Waals surface area (Å²) in [7, 11) is 0. The van der Waals surface area contributed by atoms with E-state index in [1.807, 2.05) is 12.1 Å². The SMILES string of the molecule is O=C(Nc1cc(-c2[nH]c3nccnc3c2-c2ccccn2)ccn1)[C@@H](CC(F)(F)F)c1ccc(F)cc1. The number of amides is 1. The molecule has 0 fully saturated rings. The number of benzene rings is 1. The highest BCUT2D eigenvalue weighted by atomic mass is 19.4. The average molecular weight is 506 g/mol. The zero-order valence-corrected chi connectivity index (χ0v) is 19.0. The van der Waals surface area contributed by atoms with Crippen LogP contribution in [0.15, 0.2) is 79.4 Å². The molecule has 1 atom stereocenters. The molecule has 7 nitrogen and oxygen atoms in total. The third kappa shape index (κ3) is 5.30. The minimum absolute atomic E-state index is 0.0394. The Hall–Kier alpha value is -4.67. The third-order valence-electron chi connectivity index (χ3n) is 5.67. The number of hydrogen-bond acceptors (Lipinski definition) is 5. The molecule has 37 heavy (non-hydrogen) atoms. The molecule has 5 rings (SSSR count). The number of halogens is 4. The number of pyridine rings is 2. The molecule has 186 valence electrons. The highest BCUT2D eigenvalue weighted by molar-refractivity contribution is 6.00. The van der Waals surface area contributed by atoms with E-state index in [1.165, 1.54) is 24.4 Å². The second-order valence-corrected chi connectivity index (χ2v) is 8.19. The molecule has 0 bridgehead atoms. The molecule has 0 radical (unpaired) electrons. The first-order valence-corrected chi connectivity index (χ1v) is 11.1. The van der Waals surface area contributed by atoms with Gasteiger partial charge in [0.15, 0.2) is 5.65 Å². The smallest absolute Gasteiger partial charge is 0.337 e.